The summed E-state index contributed by atoms with van der Waals surface area (Å²) in [6, 6.07) is 0. The van der Waals surface area contributed by atoms with E-state index >= 15 is 0 Å². The van der Waals surface area contributed by atoms with Gasteiger partial charge in [0.05, 0.1) is 6.61 Å². The molecule has 84 valence electrons. The number of hydrogen-bond acceptors (Lipinski definition) is 4. The van der Waals surface area contributed by atoms with Crippen LogP contribution < -0.4 is 0 Å². The van der Waals surface area contributed by atoms with E-state index in [1.165, 1.54) is 0 Å². The van der Waals surface area contributed by atoms with Gasteiger partial charge in [-0.25, -0.2) is 4.98 Å². The van der Waals surface area contributed by atoms with Crippen molar-refractivity contribution in [1.82, 2.24) is 9.97 Å². The molecule has 0 spiro atoms. The Morgan fingerprint density at radius 2 is 2.27 bits per heavy atom. The molecule has 1 rings (SSSR count). The minimum Gasteiger partial charge on any atom is -0.482 e. The minimum atomic E-state index is 0.481. The number of aryl methyl sites for hydroxylation is 1. The Morgan fingerprint density at radius 3 is 2.87 bits per heavy atom. The molecule has 0 radical (unpaired) electrons. The maximum Gasteiger partial charge on any atom is 0.212 e. The standard InChI is InChI=1S/C10H16N2OS2/c1-4-6-15-10-11-7(3)8(12-10)9(14)13-5-2/h4-6H2,1-3H3,(H,11,12). The number of H-pyrrole nitrogens is 1. The molecule has 0 bridgehead atoms. The van der Waals surface area contributed by atoms with Gasteiger partial charge in [0.1, 0.15) is 5.69 Å². The Kier molecular flexibility index (Phi) is 5.11. The van der Waals surface area contributed by atoms with E-state index in [2.05, 4.69) is 16.9 Å². The first-order valence-corrected chi connectivity index (χ1v) is 6.44. The van der Waals surface area contributed by atoms with Gasteiger partial charge in [0, 0.05) is 11.4 Å². The van der Waals surface area contributed by atoms with Crippen LogP contribution in [-0.4, -0.2) is 27.4 Å². The topological polar surface area (TPSA) is 37.9 Å². The van der Waals surface area contributed by atoms with Crippen molar-refractivity contribution in [3.05, 3.63) is 11.4 Å². The Morgan fingerprint density at radius 1 is 1.53 bits per heavy atom. The summed E-state index contributed by atoms with van der Waals surface area (Å²) in [7, 11) is 0. The predicted octanol–water partition coefficient (Wildman–Crippen LogP) is 2.93. The highest BCUT2D eigenvalue weighted by molar-refractivity contribution is 7.99. The average Bonchev–Trinajstić information content (AvgIpc) is 2.57. The fourth-order valence-corrected chi connectivity index (χ4v) is 2.19. The maximum absolute atomic E-state index is 5.27. The van der Waals surface area contributed by atoms with Crippen LogP contribution in [0.15, 0.2) is 5.16 Å². The van der Waals surface area contributed by atoms with Gasteiger partial charge in [0.15, 0.2) is 5.16 Å². The number of ether oxygens (including phenoxy) is 1. The van der Waals surface area contributed by atoms with Crippen LogP contribution in [0.2, 0.25) is 0 Å². The average molecular weight is 244 g/mol. The first-order valence-electron chi connectivity index (χ1n) is 5.05. The molecule has 3 nitrogen and oxygen atoms in total. The monoisotopic (exact) mass is 244 g/mol. The molecule has 0 aliphatic carbocycles. The zero-order chi connectivity index (χ0) is 11.3. The maximum atomic E-state index is 5.27. The van der Waals surface area contributed by atoms with Crippen LogP contribution >= 0.6 is 24.0 Å². The molecule has 1 aromatic heterocycles. The van der Waals surface area contributed by atoms with Crippen molar-refractivity contribution < 1.29 is 4.74 Å². The second kappa shape index (κ2) is 6.12. The Bertz CT molecular complexity index is 336. The lowest BCUT2D eigenvalue weighted by Gasteiger charge is -2.01. The minimum absolute atomic E-state index is 0.481. The second-order valence-electron chi connectivity index (χ2n) is 3.08. The van der Waals surface area contributed by atoms with Gasteiger partial charge in [-0.15, -0.1) is 0 Å². The molecule has 5 heteroatoms. The summed E-state index contributed by atoms with van der Waals surface area (Å²) >= 11 is 6.83. The smallest absolute Gasteiger partial charge is 0.212 e. The van der Waals surface area contributed by atoms with Crippen LogP contribution in [0.1, 0.15) is 31.7 Å². The molecule has 1 N–H and O–H groups in total. The summed E-state index contributed by atoms with van der Waals surface area (Å²) in [4.78, 5) is 7.61. The molecule has 15 heavy (non-hydrogen) atoms. The van der Waals surface area contributed by atoms with Gasteiger partial charge >= 0.3 is 0 Å². The van der Waals surface area contributed by atoms with Crippen molar-refractivity contribution in [2.75, 3.05) is 12.4 Å². The molecular weight excluding hydrogens is 228 g/mol. The Balaban J connectivity index is 2.72. The van der Waals surface area contributed by atoms with Gasteiger partial charge in [-0.2, -0.15) is 0 Å². The third-order valence-electron chi connectivity index (χ3n) is 1.77. The third-order valence-corrected chi connectivity index (χ3v) is 3.17. The summed E-state index contributed by atoms with van der Waals surface area (Å²) < 4.78 is 5.27. The third kappa shape index (κ3) is 3.50. The van der Waals surface area contributed by atoms with Crippen molar-refractivity contribution >= 4 is 29.0 Å². The van der Waals surface area contributed by atoms with Crippen LogP contribution in [-0.2, 0) is 4.74 Å². The molecule has 0 atom stereocenters. The van der Waals surface area contributed by atoms with Gasteiger partial charge < -0.3 is 9.72 Å². The van der Waals surface area contributed by atoms with Gasteiger partial charge in [0.2, 0.25) is 5.05 Å². The lowest BCUT2D eigenvalue weighted by Crippen LogP contribution is -2.05. The number of hydrogen-bond donors (Lipinski definition) is 1. The molecule has 0 saturated carbocycles. The van der Waals surface area contributed by atoms with Gasteiger partial charge in [0.25, 0.3) is 0 Å². The Hall–Kier alpha value is -0.550. The molecule has 0 fully saturated rings. The lowest BCUT2D eigenvalue weighted by atomic mass is 10.4. The summed E-state index contributed by atoms with van der Waals surface area (Å²) in [5.41, 5.74) is 1.75. The van der Waals surface area contributed by atoms with E-state index in [1.54, 1.807) is 11.8 Å². The van der Waals surface area contributed by atoms with Gasteiger partial charge in [-0.3, -0.25) is 0 Å². The molecule has 0 aromatic carbocycles. The summed E-state index contributed by atoms with van der Waals surface area (Å²) in [6.45, 7) is 6.61. The largest absolute Gasteiger partial charge is 0.482 e. The van der Waals surface area contributed by atoms with E-state index in [4.69, 9.17) is 17.0 Å². The quantitative estimate of drug-likeness (QED) is 0.638. The zero-order valence-electron chi connectivity index (χ0n) is 9.29. The molecule has 0 saturated heterocycles. The molecule has 0 amide bonds. The number of nitrogens with one attached hydrogen (secondary N) is 1. The summed E-state index contributed by atoms with van der Waals surface area (Å²) in [5.74, 6) is 1.06. The van der Waals surface area contributed by atoms with Gasteiger partial charge in [-0.1, -0.05) is 18.7 Å². The van der Waals surface area contributed by atoms with E-state index < -0.39 is 0 Å². The number of aromatic nitrogens is 2. The van der Waals surface area contributed by atoms with Crippen molar-refractivity contribution in [3.63, 3.8) is 0 Å². The fourth-order valence-electron chi connectivity index (χ4n) is 1.10. The first-order chi connectivity index (χ1) is 7.19. The molecular formula is C10H16N2OS2. The van der Waals surface area contributed by atoms with E-state index in [0.29, 0.717) is 11.7 Å². The number of imidazole rings is 1. The van der Waals surface area contributed by atoms with E-state index in [9.17, 15) is 0 Å². The molecule has 0 aliphatic rings. The van der Waals surface area contributed by atoms with Crippen LogP contribution in [0.5, 0.6) is 0 Å². The van der Waals surface area contributed by atoms with Crippen molar-refractivity contribution in [2.24, 2.45) is 0 Å². The first kappa shape index (κ1) is 12.5. The summed E-state index contributed by atoms with van der Waals surface area (Å²) in [5, 5.41) is 1.40. The summed E-state index contributed by atoms with van der Waals surface area (Å²) in [6.07, 6.45) is 1.13. The highest BCUT2D eigenvalue weighted by atomic mass is 32.2. The second-order valence-corrected chi connectivity index (χ2v) is 4.54. The zero-order valence-corrected chi connectivity index (χ0v) is 10.9. The fraction of sp³-hybridized carbons (Fsp3) is 0.600. The highest BCUT2D eigenvalue weighted by Gasteiger charge is 2.12. The van der Waals surface area contributed by atoms with Crippen molar-refractivity contribution in [1.29, 1.82) is 0 Å². The number of aromatic amines is 1. The van der Waals surface area contributed by atoms with Crippen LogP contribution in [0.3, 0.4) is 0 Å². The lowest BCUT2D eigenvalue weighted by molar-refractivity contribution is 0.336. The van der Waals surface area contributed by atoms with Crippen LogP contribution in [0, 0.1) is 6.92 Å². The molecule has 1 heterocycles. The molecule has 0 aliphatic heterocycles. The molecule has 1 aromatic rings. The number of rotatable bonds is 5. The van der Waals surface area contributed by atoms with Crippen molar-refractivity contribution in [2.45, 2.75) is 32.3 Å². The normalized spacial score (nSPS) is 10.3. The number of nitrogens with zero attached hydrogens (tertiary/aromatic N) is 1. The van der Waals surface area contributed by atoms with E-state index in [0.717, 1.165) is 28.7 Å². The van der Waals surface area contributed by atoms with Gasteiger partial charge in [-0.05, 0) is 32.5 Å². The van der Waals surface area contributed by atoms with Crippen LogP contribution in [0.4, 0.5) is 0 Å². The highest BCUT2D eigenvalue weighted by Crippen LogP contribution is 2.18. The molecule has 0 unspecified atom stereocenters. The Labute approximate surface area is 100 Å². The van der Waals surface area contributed by atoms with Crippen LogP contribution in [0.25, 0.3) is 0 Å². The number of thioether (sulfide) groups is 1. The van der Waals surface area contributed by atoms with E-state index in [-0.39, 0.29) is 0 Å². The number of thiocarbonyl (C=S) groups is 1. The van der Waals surface area contributed by atoms with E-state index in [1.807, 2.05) is 13.8 Å². The predicted molar refractivity (Wildman–Crippen MR) is 67.7 cm³/mol. The SMILES string of the molecule is CCCSc1nc(C(=S)OCC)c(C)[nH]1. The van der Waals surface area contributed by atoms with Crippen molar-refractivity contribution in [3.8, 4) is 0 Å².